The van der Waals surface area contributed by atoms with Crippen molar-refractivity contribution in [3.05, 3.63) is 51.8 Å². The third kappa shape index (κ3) is 5.64. The molecule has 3 aromatic rings. The second-order valence-corrected chi connectivity index (χ2v) is 9.27. The Morgan fingerprint density at radius 2 is 1.94 bits per heavy atom. The fraction of sp³-hybridized carbons (Fsp3) is 0.316. The molecule has 1 aromatic carbocycles. The molecule has 2 amide bonds. The number of hydrogen-bond donors (Lipinski definition) is 1. The molecule has 1 aliphatic heterocycles. The summed E-state index contributed by atoms with van der Waals surface area (Å²) in [6.07, 6.45) is 0. The van der Waals surface area contributed by atoms with E-state index in [2.05, 4.69) is 20.7 Å². The van der Waals surface area contributed by atoms with E-state index in [0.717, 1.165) is 5.13 Å². The summed E-state index contributed by atoms with van der Waals surface area (Å²) in [4.78, 5) is 38.7. The Balaban J connectivity index is 1.25. The van der Waals surface area contributed by atoms with Gasteiger partial charge in [0.05, 0.1) is 10.7 Å². The summed E-state index contributed by atoms with van der Waals surface area (Å²) in [7, 11) is 0. The van der Waals surface area contributed by atoms with Crippen molar-refractivity contribution in [2.24, 2.45) is 0 Å². The van der Waals surface area contributed by atoms with Crippen LogP contribution in [-0.4, -0.2) is 68.9 Å². The SMILES string of the molecule is Cc1cc(NC(=O)CSc2nnc(N3CCN(C(=O)c4ccc([N+](=O)[O-])cc4)CC3)s2)no1. The van der Waals surface area contributed by atoms with Crippen LogP contribution in [0.5, 0.6) is 0 Å². The number of carbonyl (C=O) groups excluding carboxylic acids is 2. The number of thioether (sulfide) groups is 1. The number of hydrogen-bond acceptors (Lipinski definition) is 11. The highest BCUT2D eigenvalue weighted by molar-refractivity contribution is 8.01. The van der Waals surface area contributed by atoms with Crippen LogP contribution >= 0.6 is 23.1 Å². The smallest absolute Gasteiger partial charge is 0.269 e. The minimum absolute atomic E-state index is 0.0490. The van der Waals surface area contributed by atoms with Crippen LogP contribution in [-0.2, 0) is 4.79 Å². The maximum atomic E-state index is 12.7. The van der Waals surface area contributed by atoms with E-state index in [1.54, 1.807) is 17.9 Å². The second-order valence-electron chi connectivity index (χ2n) is 7.09. The molecule has 1 fully saturated rings. The molecule has 1 saturated heterocycles. The maximum absolute atomic E-state index is 12.7. The highest BCUT2D eigenvalue weighted by Gasteiger charge is 2.24. The van der Waals surface area contributed by atoms with Crippen LogP contribution in [0.15, 0.2) is 39.2 Å². The average molecular weight is 490 g/mol. The van der Waals surface area contributed by atoms with Crippen molar-refractivity contribution in [2.45, 2.75) is 11.3 Å². The number of nitrogens with one attached hydrogen (secondary N) is 1. The van der Waals surface area contributed by atoms with E-state index < -0.39 is 4.92 Å². The van der Waals surface area contributed by atoms with Crippen LogP contribution in [0.1, 0.15) is 16.1 Å². The first-order valence-electron chi connectivity index (χ1n) is 9.87. The van der Waals surface area contributed by atoms with Crippen LogP contribution in [0.3, 0.4) is 0 Å². The molecule has 0 bridgehead atoms. The predicted octanol–water partition coefficient (Wildman–Crippen LogP) is 2.44. The van der Waals surface area contributed by atoms with Crippen molar-refractivity contribution in [1.29, 1.82) is 0 Å². The summed E-state index contributed by atoms with van der Waals surface area (Å²) in [6, 6.07) is 7.24. The minimum Gasteiger partial charge on any atom is -0.360 e. The zero-order valence-corrected chi connectivity index (χ0v) is 19.1. The Morgan fingerprint density at radius 3 is 2.58 bits per heavy atom. The Labute approximate surface area is 196 Å². The van der Waals surface area contributed by atoms with Crippen molar-refractivity contribution in [3.63, 3.8) is 0 Å². The zero-order valence-electron chi connectivity index (χ0n) is 17.5. The first-order chi connectivity index (χ1) is 15.9. The van der Waals surface area contributed by atoms with Gasteiger partial charge in [-0.3, -0.25) is 19.7 Å². The fourth-order valence-electron chi connectivity index (χ4n) is 3.13. The molecular formula is C19H19N7O5S2. The normalized spacial score (nSPS) is 13.7. The molecule has 0 unspecified atom stereocenters. The highest BCUT2D eigenvalue weighted by Crippen LogP contribution is 2.29. The van der Waals surface area contributed by atoms with Crippen LogP contribution < -0.4 is 10.2 Å². The topological polar surface area (TPSA) is 148 Å². The summed E-state index contributed by atoms with van der Waals surface area (Å²) in [5.41, 5.74) is 0.370. The molecule has 0 aliphatic carbocycles. The van der Waals surface area contributed by atoms with Crippen LogP contribution in [0, 0.1) is 17.0 Å². The Hall–Kier alpha value is -3.52. The van der Waals surface area contributed by atoms with Crippen LogP contribution in [0.4, 0.5) is 16.6 Å². The van der Waals surface area contributed by atoms with Crippen LogP contribution in [0.25, 0.3) is 0 Å². The number of amides is 2. The molecule has 1 aliphatic rings. The van der Waals surface area contributed by atoms with Gasteiger partial charge in [-0.05, 0) is 19.1 Å². The van der Waals surface area contributed by atoms with E-state index in [9.17, 15) is 19.7 Å². The summed E-state index contributed by atoms with van der Waals surface area (Å²) in [5, 5.41) is 26.2. The minimum atomic E-state index is -0.494. The van der Waals surface area contributed by atoms with Crippen LogP contribution in [0.2, 0.25) is 0 Å². The van der Waals surface area contributed by atoms with E-state index >= 15 is 0 Å². The number of carbonyl (C=O) groups is 2. The molecule has 1 N–H and O–H groups in total. The number of non-ortho nitro benzene ring substituents is 1. The molecule has 2 aromatic heterocycles. The van der Waals surface area contributed by atoms with Crippen molar-refractivity contribution >= 4 is 51.5 Å². The second kappa shape index (κ2) is 9.95. The lowest BCUT2D eigenvalue weighted by atomic mass is 10.1. The lowest BCUT2D eigenvalue weighted by Crippen LogP contribution is -2.48. The average Bonchev–Trinajstić information content (AvgIpc) is 3.46. The van der Waals surface area contributed by atoms with Gasteiger partial charge in [0.15, 0.2) is 10.2 Å². The Kier molecular flexibility index (Phi) is 6.84. The molecule has 3 heterocycles. The molecule has 0 saturated carbocycles. The van der Waals surface area contributed by atoms with Gasteiger partial charge in [-0.2, -0.15) is 0 Å². The van der Waals surface area contributed by atoms with Gasteiger partial charge in [0.2, 0.25) is 11.0 Å². The summed E-state index contributed by atoms with van der Waals surface area (Å²) in [5.74, 6) is 0.770. The first-order valence-corrected chi connectivity index (χ1v) is 11.7. The van der Waals surface area contributed by atoms with Gasteiger partial charge in [0.25, 0.3) is 11.6 Å². The number of nitrogens with zero attached hydrogens (tertiary/aromatic N) is 6. The van der Waals surface area contributed by atoms with E-state index in [1.165, 1.54) is 47.4 Å². The first kappa shape index (κ1) is 22.7. The fourth-order valence-corrected chi connectivity index (χ4v) is 4.82. The van der Waals surface area contributed by atoms with E-state index in [0.29, 0.717) is 47.7 Å². The van der Waals surface area contributed by atoms with Crippen molar-refractivity contribution in [1.82, 2.24) is 20.3 Å². The summed E-state index contributed by atoms with van der Waals surface area (Å²) < 4.78 is 5.58. The molecular weight excluding hydrogens is 470 g/mol. The number of rotatable bonds is 7. The largest absolute Gasteiger partial charge is 0.360 e. The molecule has 12 nitrogen and oxygen atoms in total. The van der Waals surface area contributed by atoms with E-state index in [-0.39, 0.29) is 23.3 Å². The number of nitro groups is 1. The molecule has 0 spiro atoms. The van der Waals surface area contributed by atoms with Crippen molar-refractivity contribution in [2.75, 3.05) is 42.1 Å². The Bertz CT molecular complexity index is 1160. The molecule has 4 rings (SSSR count). The number of aromatic nitrogens is 3. The molecule has 0 atom stereocenters. The molecule has 172 valence electrons. The van der Waals surface area contributed by atoms with E-state index in [1.807, 2.05) is 4.90 Å². The summed E-state index contributed by atoms with van der Waals surface area (Å²) >= 11 is 2.67. The number of aryl methyl sites for hydroxylation is 1. The number of piperazine rings is 1. The summed E-state index contributed by atoms with van der Waals surface area (Å²) in [6.45, 7) is 3.91. The van der Waals surface area contributed by atoms with Gasteiger partial charge in [0, 0.05) is 49.9 Å². The molecule has 33 heavy (non-hydrogen) atoms. The predicted molar refractivity (Wildman–Crippen MR) is 122 cm³/mol. The monoisotopic (exact) mass is 489 g/mol. The molecule has 14 heteroatoms. The third-order valence-electron chi connectivity index (χ3n) is 4.78. The van der Waals surface area contributed by atoms with Gasteiger partial charge < -0.3 is 19.6 Å². The third-order valence-corrected chi connectivity index (χ3v) is 6.90. The van der Waals surface area contributed by atoms with Crippen molar-refractivity contribution < 1.29 is 19.0 Å². The molecule has 0 radical (unpaired) electrons. The standard InChI is InChI=1S/C19H19N7O5S2/c1-12-10-15(23-31-12)20-16(27)11-32-19-22-21-18(33-19)25-8-6-24(7-9-25)17(28)13-2-4-14(5-3-13)26(29)30/h2-5,10H,6-9,11H2,1H3,(H,20,23,27). The van der Waals surface area contributed by atoms with Gasteiger partial charge in [-0.15, -0.1) is 10.2 Å². The van der Waals surface area contributed by atoms with Crippen molar-refractivity contribution in [3.8, 4) is 0 Å². The Morgan fingerprint density at radius 1 is 1.21 bits per heavy atom. The van der Waals surface area contributed by atoms with E-state index in [4.69, 9.17) is 4.52 Å². The van der Waals surface area contributed by atoms with Gasteiger partial charge in [0.1, 0.15) is 5.76 Å². The van der Waals surface area contributed by atoms with Gasteiger partial charge >= 0.3 is 0 Å². The van der Waals surface area contributed by atoms with Gasteiger partial charge in [-0.25, -0.2) is 0 Å². The number of anilines is 2. The lowest BCUT2D eigenvalue weighted by Gasteiger charge is -2.34. The number of benzene rings is 1. The number of nitro benzene ring substituents is 1. The highest BCUT2D eigenvalue weighted by atomic mass is 32.2. The van der Waals surface area contributed by atoms with Gasteiger partial charge in [-0.1, -0.05) is 28.3 Å². The quantitative estimate of drug-likeness (QED) is 0.298. The lowest BCUT2D eigenvalue weighted by molar-refractivity contribution is -0.384. The maximum Gasteiger partial charge on any atom is 0.269 e. The zero-order chi connectivity index (χ0) is 23.4.